The van der Waals surface area contributed by atoms with Crippen LogP contribution in [0.3, 0.4) is 0 Å². The zero-order valence-electron chi connectivity index (χ0n) is 24.2. The van der Waals surface area contributed by atoms with Crippen molar-refractivity contribution < 1.29 is 0 Å². The second-order valence-corrected chi connectivity index (χ2v) is 31.1. The van der Waals surface area contributed by atoms with Crippen LogP contribution >= 0.6 is 16.5 Å². The van der Waals surface area contributed by atoms with Gasteiger partial charge in [-0.3, -0.25) is 0 Å². The van der Waals surface area contributed by atoms with Gasteiger partial charge in [0.25, 0.3) is 0 Å². The molecule has 0 aliphatic heterocycles. The van der Waals surface area contributed by atoms with Crippen molar-refractivity contribution in [2.45, 2.75) is 5.40 Å². The van der Waals surface area contributed by atoms with Gasteiger partial charge in [-0.05, 0) is 0 Å². The molecule has 0 heterocycles. The summed E-state index contributed by atoms with van der Waals surface area (Å²) >= 11 is 12.0. The van der Waals surface area contributed by atoms with Crippen LogP contribution in [0, 0.1) is 0 Å². The molecule has 0 nitrogen and oxygen atoms in total. The normalized spacial score (nSPS) is 12.2. The molecule has 6 heteroatoms. The van der Waals surface area contributed by atoms with E-state index >= 15 is 0 Å². The van der Waals surface area contributed by atoms with Gasteiger partial charge in [0.05, 0.1) is 0 Å². The molecule has 218 valence electrons. The third-order valence-corrected chi connectivity index (χ3v) is 34.5. The van der Waals surface area contributed by atoms with E-state index in [-0.39, 0.29) is 5.40 Å². The monoisotopic (exact) mass is 822 g/mol. The first-order valence-electron chi connectivity index (χ1n) is 14.6. The maximum absolute atomic E-state index is 4.02. The summed E-state index contributed by atoms with van der Waals surface area (Å²) in [5.41, 5.74) is -6.36. The molecular weight excluding hydrogens is 786 g/mol. The molecule has 6 aromatic rings. The Morgan fingerprint density at radius 3 is 0.750 bits per heavy atom. The molecule has 6 rings (SSSR count). The molecule has 0 bridgehead atoms. The molecule has 0 amide bonds. The van der Waals surface area contributed by atoms with Crippen LogP contribution in [0.2, 0.25) is 0 Å². The second kappa shape index (κ2) is 14.3. The van der Waals surface area contributed by atoms with E-state index in [0.717, 1.165) is 6.16 Å². The Kier molecular flexibility index (Phi) is 10.4. The Labute approximate surface area is 285 Å². The molecule has 0 atom stereocenters. The van der Waals surface area contributed by atoms with Crippen LogP contribution in [-0.2, 0) is 0 Å². The summed E-state index contributed by atoms with van der Waals surface area (Å²) in [5, 5.41) is 8.66. The van der Waals surface area contributed by atoms with Crippen molar-refractivity contribution in [2.75, 3.05) is 6.16 Å². The molecule has 0 aromatic heterocycles. The first kappa shape index (κ1) is 32.1. The number of benzene rings is 6. The standard InChI is InChI=1S/C38H33P3Se3/c42-39(32-19-7-1-8-20-32,33-21-9-2-10-22-33)31-38(40(43,34-23-11-3-12-24-34)35-25-13-4-14-26-35)41(44,36-27-15-5-16-28-36)37-29-17-6-18-30-37/h1-30,38H,31H2. The Morgan fingerprint density at radius 1 is 0.318 bits per heavy atom. The SMILES string of the molecule is [Se]=P(CC(P(=[Se])(c1ccccc1)c1ccccc1)P(=[Se])(c1ccccc1)c1ccccc1)(c1ccccc1)c1ccccc1. The maximum atomic E-state index is 4.02. The molecule has 6 aromatic carbocycles. The molecule has 0 fully saturated rings. The molecule has 44 heavy (non-hydrogen) atoms. The van der Waals surface area contributed by atoms with Gasteiger partial charge in [-0.25, -0.2) is 0 Å². The van der Waals surface area contributed by atoms with Gasteiger partial charge in [-0.2, -0.15) is 0 Å². The Bertz CT molecular complexity index is 1720. The summed E-state index contributed by atoms with van der Waals surface area (Å²) in [7, 11) is 0. The third kappa shape index (κ3) is 6.27. The van der Waals surface area contributed by atoms with Gasteiger partial charge in [0.15, 0.2) is 0 Å². The van der Waals surface area contributed by atoms with Crippen LogP contribution in [0.15, 0.2) is 182 Å². The average Bonchev–Trinajstić information content (AvgIpc) is 3.12. The number of hydrogen-bond donors (Lipinski definition) is 0. The van der Waals surface area contributed by atoms with E-state index in [2.05, 4.69) is 227 Å². The Hall–Kier alpha value is -1.83. The van der Waals surface area contributed by atoms with Crippen molar-refractivity contribution in [1.29, 1.82) is 0 Å². The summed E-state index contributed by atoms with van der Waals surface area (Å²) < 4.78 is 0. The minimum absolute atomic E-state index is 0.264. The van der Waals surface area contributed by atoms with E-state index in [4.69, 9.17) is 0 Å². The molecule has 0 N–H and O–H groups in total. The molecule has 0 saturated carbocycles. The second-order valence-electron chi connectivity index (χ2n) is 10.7. The van der Waals surface area contributed by atoms with Crippen LogP contribution < -0.4 is 31.8 Å². The van der Waals surface area contributed by atoms with Crippen molar-refractivity contribution in [3.63, 3.8) is 0 Å². The van der Waals surface area contributed by atoms with Gasteiger partial charge < -0.3 is 0 Å². The predicted octanol–water partition coefficient (Wildman–Crippen LogP) is 6.57. The van der Waals surface area contributed by atoms with E-state index in [1.807, 2.05) is 0 Å². The Morgan fingerprint density at radius 2 is 0.523 bits per heavy atom. The van der Waals surface area contributed by atoms with Crippen molar-refractivity contribution in [2.24, 2.45) is 0 Å². The summed E-state index contributed by atoms with van der Waals surface area (Å²) in [6, 6.07) is 67.5. The van der Waals surface area contributed by atoms with Crippen molar-refractivity contribution >= 4 is 93.6 Å². The van der Waals surface area contributed by atoms with Crippen LogP contribution in [-0.4, -0.2) is 56.9 Å². The van der Waals surface area contributed by atoms with Crippen LogP contribution in [0.5, 0.6) is 0 Å². The molecule has 0 spiro atoms. The summed E-state index contributed by atoms with van der Waals surface area (Å²) in [6.07, 6.45) is 1.01. The van der Waals surface area contributed by atoms with Crippen LogP contribution in [0.25, 0.3) is 0 Å². The molecule has 0 saturated heterocycles. The van der Waals surface area contributed by atoms with Gasteiger partial charge >= 0.3 is 287 Å². The first-order chi connectivity index (χ1) is 21.5. The average molecular weight is 819 g/mol. The van der Waals surface area contributed by atoms with E-state index in [1.165, 1.54) is 31.8 Å². The summed E-state index contributed by atoms with van der Waals surface area (Å²) in [4.78, 5) is 0. The van der Waals surface area contributed by atoms with E-state index in [1.54, 1.807) is 0 Å². The number of rotatable bonds is 10. The van der Waals surface area contributed by atoms with E-state index in [9.17, 15) is 0 Å². The van der Waals surface area contributed by atoms with Gasteiger partial charge in [0.1, 0.15) is 0 Å². The van der Waals surface area contributed by atoms with Gasteiger partial charge in [0.2, 0.25) is 0 Å². The molecule has 0 radical (unpaired) electrons. The van der Waals surface area contributed by atoms with Gasteiger partial charge in [0, 0.05) is 0 Å². The zero-order valence-corrected chi connectivity index (χ0v) is 32.0. The van der Waals surface area contributed by atoms with E-state index < -0.39 is 16.5 Å². The molecule has 0 unspecified atom stereocenters. The third-order valence-electron chi connectivity index (χ3n) is 8.17. The van der Waals surface area contributed by atoms with Crippen LogP contribution in [0.4, 0.5) is 0 Å². The van der Waals surface area contributed by atoms with E-state index in [0.29, 0.717) is 0 Å². The molecule has 0 aliphatic carbocycles. The Balaban J connectivity index is 1.73. The number of hydrogen-bond acceptors (Lipinski definition) is 0. The fraction of sp³-hybridized carbons (Fsp3) is 0.0526. The summed E-state index contributed by atoms with van der Waals surface area (Å²) in [5.74, 6) is 0. The fourth-order valence-corrected chi connectivity index (χ4v) is 37.2. The molecular formula is C38H33P3Se3. The van der Waals surface area contributed by atoms with Crippen molar-refractivity contribution in [3.8, 4) is 0 Å². The topological polar surface area (TPSA) is 0 Å². The fourth-order valence-electron chi connectivity index (χ4n) is 5.97. The first-order valence-corrected chi connectivity index (χ1v) is 26.9. The van der Waals surface area contributed by atoms with Crippen molar-refractivity contribution in [3.05, 3.63) is 182 Å². The summed E-state index contributed by atoms with van der Waals surface area (Å²) in [6.45, 7) is 0. The quantitative estimate of drug-likeness (QED) is 0.109. The van der Waals surface area contributed by atoms with Crippen LogP contribution in [0.1, 0.15) is 0 Å². The van der Waals surface area contributed by atoms with Gasteiger partial charge in [-0.1, -0.05) is 0 Å². The zero-order chi connectivity index (χ0) is 30.5. The predicted molar refractivity (Wildman–Crippen MR) is 203 cm³/mol. The molecule has 0 aliphatic rings. The van der Waals surface area contributed by atoms with Crippen molar-refractivity contribution in [1.82, 2.24) is 0 Å². The van der Waals surface area contributed by atoms with Gasteiger partial charge in [-0.15, -0.1) is 0 Å². The minimum atomic E-state index is -2.17.